The minimum absolute atomic E-state index is 0.211. The fourth-order valence-electron chi connectivity index (χ4n) is 1.70. The molecule has 2 rings (SSSR count). The number of nitrogens with zero attached hydrogens (tertiary/aromatic N) is 3. The molecule has 0 radical (unpaired) electrons. The molecular formula is C12H13N3O2. The smallest absolute Gasteiger partial charge is 0.339 e. The first kappa shape index (κ1) is 11.3. The highest BCUT2D eigenvalue weighted by Gasteiger charge is 2.21. The normalized spacial score (nSPS) is 18.2. The summed E-state index contributed by atoms with van der Waals surface area (Å²) >= 11 is 0. The molecule has 0 N–H and O–H groups in total. The summed E-state index contributed by atoms with van der Waals surface area (Å²) in [6.07, 6.45) is 8.39. The van der Waals surface area contributed by atoms with Gasteiger partial charge in [0.1, 0.15) is 6.17 Å². The van der Waals surface area contributed by atoms with Crippen LogP contribution in [-0.2, 0) is 4.74 Å². The van der Waals surface area contributed by atoms with Crippen molar-refractivity contribution < 1.29 is 9.53 Å². The fourth-order valence-corrected chi connectivity index (χ4v) is 1.70. The van der Waals surface area contributed by atoms with Crippen molar-refractivity contribution in [2.75, 3.05) is 14.2 Å². The van der Waals surface area contributed by atoms with E-state index in [1.807, 2.05) is 24.2 Å². The number of aromatic nitrogens is 1. The summed E-state index contributed by atoms with van der Waals surface area (Å²) in [6.45, 7) is 0. The van der Waals surface area contributed by atoms with Gasteiger partial charge in [0.15, 0.2) is 0 Å². The van der Waals surface area contributed by atoms with Gasteiger partial charge in [-0.05, 0) is 12.1 Å². The predicted molar refractivity (Wildman–Crippen MR) is 63.7 cm³/mol. The largest absolute Gasteiger partial charge is 0.465 e. The van der Waals surface area contributed by atoms with Crippen molar-refractivity contribution in [3.8, 4) is 0 Å². The highest BCUT2D eigenvalue weighted by Crippen LogP contribution is 2.25. The number of allylic oxidation sites excluding steroid dienone is 1. The molecule has 5 nitrogen and oxygen atoms in total. The van der Waals surface area contributed by atoms with Crippen molar-refractivity contribution in [1.82, 2.24) is 9.88 Å². The number of carbonyl (C=O) groups is 1. The van der Waals surface area contributed by atoms with Crippen molar-refractivity contribution >= 4 is 12.2 Å². The lowest BCUT2D eigenvalue weighted by atomic mass is 10.1. The summed E-state index contributed by atoms with van der Waals surface area (Å²) in [5.74, 6) is -0.397. The van der Waals surface area contributed by atoms with Gasteiger partial charge in [0.05, 0.1) is 12.7 Å². The van der Waals surface area contributed by atoms with E-state index < -0.39 is 5.97 Å². The van der Waals surface area contributed by atoms with Crippen LogP contribution in [0.4, 0.5) is 0 Å². The molecule has 0 aromatic carbocycles. The third-order valence-corrected chi connectivity index (χ3v) is 2.56. The molecule has 0 saturated heterocycles. The summed E-state index contributed by atoms with van der Waals surface area (Å²) < 4.78 is 4.74. The van der Waals surface area contributed by atoms with Gasteiger partial charge in [0.25, 0.3) is 0 Å². The second-order valence-electron chi connectivity index (χ2n) is 3.63. The van der Waals surface area contributed by atoms with Crippen molar-refractivity contribution in [3.05, 3.63) is 41.9 Å². The van der Waals surface area contributed by atoms with Crippen LogP contribution in [-0.4, -0.2) is 36.2 Å². The zero-order valence-corrected chi connectivity index (χ0v) is 9.70. The van der Waals surface area contributed by atoms with Crippen LogP contribution in [0.15, 0.2) is 35.7 Å². The van der Waals surface area contributed by atoms with E-state index in [0.717, 1.165) is 5.56 Å². The Morgan fingerprint density at radius 1 is 1.53 bits per heavy atom. The van der Waals surface area contributed by atoms with E-state index in [2.05, 4.69) is 9.98 Å². The van der Waals surface area contributed by atoms with Gasteiger partial charge in [-0.25, -0.2) is 4.79 Å². The van der Waals surface area contributed by atoms with Crippen LogP contribution in [0.1, 0.15) is 22.1 Å². The fraction of sp³-hybridized carbons (Fsp3) is 0.250. The highest BCUT2D eigenvalue weighted by atomic mass is 16.5. The molecule has 88 valence electrons. The number of hydrogen-bond acceptors (Lipinski definition) is 5. The maximum absolute atomic E-state index is 11.6. The number of ether oxygens (including phenoxy) is 1. The Kier molecular flexibility index (Phi) is 3.18. The Balaban J connectivity index is 2.41. The molecule has 0 spiro atoms. The van der Waals surface area contributed by atoms with Crippen LogP contribution in [0.25, 0.3) is 0 Å². The molecule has 5 heteroatoms. The van der Waals surface area contributed by atoms with Crippen molar-refractivity contribution in [3.63, 3.8) is 0 Å². The standard InChI is InChI=1S/C12H13N3O2/c1-15-7-3-5-14-11(15)9-4-6-13-8-10(9)12(16)17-2/h3-8,11H,1-2H3. The monoisotopic (exact) mass is 231 g/mol. The van der Waals surface area contributed by atoms with E-state index in [4.69, 9.17) is 4.74 Å². The minimum atomic E-state index is -0.397. The molecular weight excluding hydrogens is 218 g/mol. The van der Waals surface area contributed by atoms with Gasteiger partial charge in [-0.3, -0.25) is 9.98 Å². The van der Waals surface area contributed by atoms with Gasteiger partial charge in [-0.1, -0.05) is 0 Å². The van der Waals surface area contributed by atoms with Gasteiger partial charge in [0, 0.05) is 37.4 Å². The zero-order valence-electron chi connectivity index (χ0n) is 9.70. The Morgan fingerprint density at radius 2 is 2.35 bits per heavy atom. The number of hydrogen-bond donors (Lipinski definition) is 0. The van der Waals surface area contributed by atoms with E-state index in [0.29, 0.717) is 5.56 Å². The maximum atomic E-state index is 11.6. The summed E-state index contributed by atoms with van der Waals surface area (Å²) in [7, 11) is 3.26. The lowest BCUT2D eigenvalue weighted by Crippen LogP contribution is -2.22. The van der Waals surface area contributed by atoms with Gasteiger partial charge >= 0.3 is 5.97 Å². The minimum Gasteiger partial charge on any atom is -0.465 e. The molecule has 0 saturated carbocycles. The Morgan fingerprint density at radius 3 is 3.06 bits per heavy atom. The number of esters is 1. The van der Waals surface area contributed by atoms with E-state index in [-0.39, 0.29) is 6.17 Å². The number of aliphatic imine (C=N–C) groups is 1. The maximum Gasteiger partial charge on any atom is 0.339 e. The molecule has 1 aromatic rings. The molecule has 0 amide bonds. The van der Waals surface area contributed by atoms with Crippen LogP contribution in [0.3, 0.4) is 0 Å². The first-order chi connectivity index (χ1) is 8.24. The van der Waals surface area contributed by atoms with E-state index >= 15 is 0 Å². The molecule has 0 fully saturated rings. The second kappa shape index (κ2) is 4.78. The number of carbonyl (C=O) groups excluding carboxylic acids is 1. The summed E-state index contributed by atoms with van der Waals surface area (Å²) in [5, 5.41) is 0. The van der Waals surface area contributed by atoms with E-state index in [1.54, 1.807) is 18.5 Å². The quantitative estimate of drug-likeness (QED) is 0.722. The second-order valence-corrected chi connectivity index (χ2v) is 3.63. The molecule has 1 aliphatic rings. The van der Waals surface area contributed by atoms with Crippen LogP contribution < -0.4 is 0 Å². The molecule has 1 atom stereocenters. The average molecular weight is 231 g/mol. The lowest BCUT2D eigenvalue weighted by molar-refractivity contribution is 0.0597. The van der Waals surface area contributed by atoms with Crippen LogP contribution in [0.5, 0.6) is 0 Å². The van der Waals surface area contributed by atoms with Crippen molar-refractivity contribution in [1.29, 1.82) is 0 Å². The Labute approximate surface area is 99.4 Å². The van der Waals surface area contributed by atoms with E-state index in [1.165, 1.54) is 13.3 Å². The first-order valence-electron chi connectivity index (χ1n) is 5.18. The average Bonchev–Trinajstić information content (AvgIpc) is 2.38. The Bertz CT molecular complexity index is 482. The van der Waals surface area contributed by atoms with Gasteiger partial charge in [-0.2, -0.15) is 0 Å². The van der Waals surface area contributed by atoms with Crippen molar-refractivity contribution in [2.45, 2.75) is 6.17 Å². The topological polar surface area (TPSA) is 54.8 Å². The molecule has 1 unspecified atom stereocenters. The van der Waals surface area contributed by atoms with E-state index in [9.17, 15) is 4.79 Å². The number of pyridine rings is 1. The summed E-state index contributed by atoms with van der Waals surface area (Å²) in [6, 6.07) is 1.78. The van der Waals surface area contributed by atoms with Crippen LogP contribution >= 0.6 is 0 Å². The van der Waals surface area contributed by atoms with Gasteiger partial charge < -0.3 is 9.64 Å². The molecule has 17 heavy (non-hydrogen) atoms. The lowest BCUT2D eigenvalue weighted by Gasteiger charge is -2.26. The molecule has 1 aliphatic heterocycles. The SMILES string of the molecule is COC(=O)c1cnccc1C1N=CC=CN1C. The zero-order chi connectivity index (χ0) is 12.3. The Hall–Kier alpha value is -2.17. The highest BCUT2D eigenvalue weighted by molar-refractivity contribution is 5.91. The number of rotatable bonds is 2. The third-order valence-electron chi connectivity index (χ3n) is 2.56. The molecule has 0 aliphatic carbocycles. The van der Waals surface area contributed by atoms with Crippen molar-refractivity contribution in [2.24, 2.45) is 4.99 Å². The van der Waals surface area contributed by atoms with Crippen LogP contribution in [0, 0.1) is 0 Å². The molecule has 0 bridgehead atoms. The molecule has 2 heterocycles. The summed E-state index contributed by atoms with van der Waals surface area (Å²) in [4.78, 5) is 21.8. The summed E-state index contributed by atoms with van der Waals surface area (Å²) in [5.41, 5.74) is 1.23. The van der Waals surface area contributed by atoms with Gasteiger partial charge in [-0.15, -0.1) is 0 Å². The van der Waals surface area contributed by atoms with Crippen LogP contribution in [0.2, 0.25) is 0 Å². The first-order valence-corrected chi connectivity index (χ1v) is 5.18. The molecule has 1 aromatic heterocycles. The number of methoxy groups -OCH3 is 1. The predicted octanol–water partition coefficient (Wildman–Crippen LogP) is 1.40. The van der Waals surface area contributed by atoms with Gasteiger partial charge in [0.2, 0.25) is 0 Å². The third kappa shape index (κ3) is 2.18.